The molecule has 0 atom stereocenters. The molecule has 0 saturated heterocycles. The van der Waals surface area contributed by atoms with E-state index in [9.17, 15) is 9.59 Å². The third kappa shape index (κ3) is 1.43. The second kappa shape index (κ2) is 2.98. The second-order valence-corrected chi connectivity index (χ2v) is 3.00. The lowest BCUT2D eigenvalue weighted by atomic mass is 9.92. The van der Waals surface area contributed by atoms with E-state index in [4.69, 9.17) is 0 Å². The third-order valence-electron chi connectivity index (χ3n) is 2.09. The van der Waals surface area contributed by atoms with Crippen LogP contribution in [0.2, 0.25) is 0 Å². The first-order chi connectivity index (χ1) is 6.27. The van der Waals surface area contributed by atoms with Crippen LogP contribution in [0.15, 0.2) is 48.1 Å². The number of hydrogen-bond donors (Lipinski definition) is 0. The monoisotopic (exact) mass is 172 g/mol. The molecule has 0 amide bonds. The Morgan fingerprint density at radius 1 is 1.00 bits per heavy atom. The highest BCUT2D eigenvalue weighted by Crippen LogP contribution is 2.22. The molecule has 0 spiro atoms. The zero-order chi connectivity index (χ0) is 9.26. The molecule has 0 aromatic rings. The summed E-state index contributed by atoms with van der Waals surface area (Å²) in [7, 11) is 0. The fraction of sp³-hybridized carbons (Fsp3) is 0.0909. The fourth-order valence-electron chi connectivity index (χ4n) is 1.43. The van der Waals surface area contributed by atoms with Gasteiger partial charge in [-0.15, -0.1) is 0 Å². The van der Waals surface area contributed by atoms with E-state index in [0.29, 0.717) is 5.57 Å². The molecule has 0 radical (unpaired) electrons. The molecule has 0 aromatic heterocycles. The van der Waals surface area contributed by atoms with Gasteiger partial charge in [0.2, 0.25) is 0 Å². The first-order valence-electron chi connectivity index (χ1n) is 4.10. The number of ketones is 2. The predicted molar refractivity (Wildman–Crippen MR) is 49.0 cm³/mol. The zero-order valence-corrected chi connectivity index (χ0v) is 6.94. The standard InChI is InChI=1S/C11H8O2/c12-9-5-6-11(13)10(7-9)8-3-1-2-4-8/h1-8H. The lowest BCUT2D eigenvalue weighted by Crippen LogP contribution is -2.12. The van der Waals surface area contributed by atoms with E-state index >= 15 is 0 Å². The second-order valence-electron chi connectivity index (χ2n) is 3.00. The van der Waals surface area contributed by atoms with Gasteiger partial charge in [-0.2, -0.15) is 0 Å². The number of carbonyl (C=O) groups excluding carboxylic acids is 2. The van der Waals surface area contributed by atoms with E-state index in [0.717, 1.165) is 0 Å². The Morgan fingerprint density at radius 2 is 1.69 bits per heavy atom. The van der Waals surface area contributed by atoms with Crippen molar-refractivity contribution in [3.8, 4) is 0 Å². The predicted octanol–water partition coefficient (Wildman–Crippen LogP) is 1.36. The molecule has 0 aliphatic heterocycles. The Bertz CT molecular complexity index is 369. The molecule has 2 aliphatic carbocycles. The summed E-state index contributed by atoms with van der Waals surface area (Å²) in [5.74, 6) is -0.189. The number of allylic oxidation sites excluding steroid dienone is 8. The van der Waals surface area contributed by atoms with E-state index in [1.165, 1.54) is 18.2 Å². The Labute approximate surface area is 75.9 Å². The zero-order valence-electron chi connectivity index (χ0n) is 6.94. The van der Waals surface area contributed by atoms with Gasteiger partial charge in [0.1, 0.15) is 0 Å². The molecule has 13 heavy (non-hydrogen) atoms. The first-order valence-corrected chi connectivity index (χ1v) is 4.10. The minimum Gasteiger partial charge on any atom is -0.290 e. The van der Waals surface area contributed by atoms with Crippen LogP contribution in [0.1, 0.15) is 0 Å². The molecular formula is C11H8O2. The van der Waals surface area contributed by atoms with Gasteiger partial charge in [-0.3, -0.25) is 9.59 Å². The number of rotatable bonds is 1. The van der Waals surface area contributed by atoms with Gasteiger partial charge >= 0.3 is 0 Å². The van der Waals surface area contributed by atoms with Gasteiger partial charge in [0, 0.05) is 11.5 Å². The van der Waals surface area contributed by atoms with Crippen LogP contribution < -0.4 is 0 Å². The summed E-state index contributed by atoms with van der Waals surface area (Å²) in [5.41, 5.74) is 0.567. The average Bonchev–Trinajstić information content (AvgIpc) is 2.61. The van der Waals surface area contributed by atoms with E-state index in [1.807, 2.05) is 24.3 Å². The maximum Gasteiger partial charge on any atom is 0.183 e. The molecule has 2 nitrogen and oxygen atoms in total. The summed E-state index contributed by atoms with van der Waals surface area (Å²) < 4.78 is 0. The summed E-state index contributed by atoms with van der Waals surface area (Å²) in [6.45, 7) is 0. The van der Waals surface area contributed by atoms with E-state index in [2.05, 4.69) is 0 Å². The highest BCUT2D eigenvalue weighted by molar-refractivity contribution is 6.17. The molecule has 0 saturated carbocycles. The van der Waals surface area contributed by atoms with Crippen LogP contribution in [0, 0.1) is 5.92 Å². The molecule has 64 valence electrons. The topological polar surface area (TPSA) is 34.1 Å². The maximum atomic E-state index is 11.4. The van der Waals surface area contributed by atoms with Crippen molar-refractivity contribution in [2.45, 2.75) is 0 Å². The van der Waals surface area contributed by atoms with Crippen molar-refractivity contribution in [1.29, 1.82) is 0 Å². The quantitative estimate of drug-likeness (QED) is 0.560. The van der Waals surface area contributed by atoms with Crippen LogP contribution in [-0.2, 0) is 9.59 Å². The van der Waals surface area contributed by atoms with E-state index in [1.54, 1.807) is 0 Å². The van der Waals surface area contributed by atoms with Gasteiger partial charge in [0.05, 0.1) is 0 Å². The number of hydrogen-bond acceptors (Lipinski definition) is 2. The SMILES string of the molecule is O=C1C=CC(=O)C(C2C=CC=C2)=C1. The maximum absolute atomic E-state index is 11.4. The summed E-state index contributed by atoms with van der Waals surface area (Å²) >= 11 is 0. The summed E-state index contributed by atoms with van der Waals surface area (Å²) in [5, 5.41) is 0. The third-order valence-corrected chi connectivity index (χ3v) is 2.09. The van der Waals surface area contributed by atoms with Crippen molar-refractivity contribution < 1.29 is 9.59 Å². The molecule has 0 aromatic carbocycles. The highest BCUT2D eigenvalue weighted by atomic mass is 16.1. The Hall–Kier alpha value is -1.70. The van der Waals surface area contributed by atoms with Crippen molar-refractivity contribution in [2.24, 2.45) is 5.92 Å². The number of carbonyl (C=O) groups is 2. The molecule has 0 N–H and O–H groups in total. The lowest BCUT2D eigenvalue weighted by Gasteiger charge is -2.09. The first kappa shape index (κ1) is 7.92. The summed E-state index contributed by atoms with van der Waals surface area (Å²) in [6.07, 6.45) is 11.6. The summed E-state index contributed by atoms with van der Waals surface area (Å²) in [4.78, 5) is 22.4. The van der Waals surface area contributed by atoms with Gasteiger partial charge in [0.25, 0.3) is 0 Å². The highest BCUT2D eigenvalue weighted by Gasteiger charge is 2.19. The molecule has 2 aliphatic rings. The van der Waals surface area contributed by atoms with Crippen molar-refractivity contribution in [3.63, 3.8) is 0 Å². The van der Waals surface area contributed by atoms with Crippen LogP contribution in [0.4, 0.5) is 0 Å². The van der Waals surface area contributed by atoms with Crippen LogP contribution in [0.25, 0.3) is 0 Å². The van der Waals surface area contributed by atoms with Crippen LogP contribution in [0.5, 0.6) is 0 Å². The van der Waals surface area contributed by atoms with Gasteiger partial charge in [-0.05, 0) is 18.2 Å². The van der Waals surface area contributed by atoms with Gasteiger partial charge in [0.15, 0.2) is 11.6 Å². The fourth-order valence-corrected chi connectivity index (χ4v) is 1.43. The molecule has 0 unspecified atom stereocenters. The average molecular weight is 172 g/mol. The molecule has 0 heterocycles. The Morgan fingerprint density at radius 3 is 2.38 bits per heavy atom. The minimum atomic E-state index is -0.108. The normalized spacial score (nSPS) is 21.4. The molecular weight excluding hydrogens is 164 g/mol. The van der Waals surface area contributed by atoms with Crippen LogP contribution in [-0.4, -0.2) is 11.6 Å². The molecule has 2 heteroatoms. The van der Waals surface area contributed by atoms with E-state index < -0.39 is 0 Å². The molecule has 2 rings (SSSR count). The van der Waals surface area contributed by atoms with Gasteiger partial charge < -0.3 is 0 Å². The van der Waals surface area contributed by atoms with Crippen molar-refractivity contribution in [1.82, 2.24) is 0 Å². The lowest BCUT2D eigenvalue weighted by molar-refractivity contribution is -0.114. The Kier molecular flexibility index (Phi) is 1.81. The van der Waals surface area contributed by atoms with E-state index in [-0.39, 0.29) is 17.5 Å². The molecule has 0 fully saturated rings. The Balaban J connectivity index is 2.32. The molecule has 0 bridgehead atoms. The summed E-state index contributed by atoms with van der Waals surface area (Å²) in [6, 6.07) is 0. The van der Waals surface area contributed by atoms with Gasteiger partial charge in [-0.25, -0.2) is 0 Å². The van der Waals surface area contributed by atoms with Crippen molar-refractivity contribution >= 4 is 11.6 Å². The van der Waals surface area contributed by atoms with Crippen LogP contribution in [0.3, 0.4) is 0 Å². The van der Waals surface area contributed by atoms with Crippen LogP contribution >= 0.6 is 0 Å². The smallest absolute Gasteiger partial charge is 0.183 e. The largest absolute Gasteiger partial charge is 0.290 e. The van der Waals surface area contributed by atoms with Crippen molar-refractivity contribution in [3.05, 3.63) is 48.1 Å². The van der Waals surface area contributed by atoms with Crippen molar-refractivity contribution in [2.75, 3.05) is 0 Å². The minimum absolute atomic E-state index is 0.0126. The van der Waals surface area contributed by atoms with Gasteiger partial charge in [-0.1, -0.05) is 24.3 Å².